The molecule has 0 bridgehead atoms. The first-order chi connectivity index (χ1) is 7.42. The molecule has 92 valence electrons. The standard InChI is InChI=1S/C11H21ClN2OSi/c1-10-7-11(8-12)13-14(10)9-15-5-6-16(2,3)4/h7H,5-6,8-9H2,1-4H3. The first-order valence-electron chi connectivity index (χ1n) is 5.59. The summed E-state index contributed by atoms with van der Waals surface area (Å²) in [7, 11) is -0.986. The van der Waals surface area contributed by atoms with Crippen molar-refractivity contribution in [3.8, 4) is 0 Å². The quantitative estimate of drug-likeness (QED) is 0.446. The second-order valence-corrected chi connectivity index (χ2v) is 11.1. The maximum absolute atomic E-state index is 5.72. The zero-order valence-corrected chi connectivity index (χ0v) is 12.3. The van der Waals surface area contributed by atoms with Crippen LogP contribution in [0.3, 0.4) is 0 Å². The van der Waals surface area contributed by atoms with Crippen molar-refractivity contribution < 1.29 is 4.74 Å². The number of alkyl halides is 1. The van der Waals surface area contributed by atoms with Gasteiger partial charge in [-0.25, -0.2) is 4.68 Å². The van der Waals surface area contributed by atoms with Crippen LogP contribution in [-0.4, -0.2) is 24.5 Å². The smallest absolute Gasteiger partial charge is 0.139 e. The van der Waals surface area contributed by atoms with Gasteiger partial charge in [0.15, 0.2) is 0 Å². The van der Waals surface area contributed by atoms with E-state index < -0.39 is 8.07 Å². The normalized spacial score (nSPS) is 12.1. The lowest BCUT2D eigenvalue weighted by Crippen LogP contribution is -2.22. The zero-order valence-electron chi connectivity index (χ0n) is 10.6. The van der Waals surface area contributed by atoms with E-state index in [1.54, 1.807) is 0 Å². The highest BCUT2D eigenvalue weighted by atomic mass is 35.5. The lowest BCUT2D eigenvalue weighted by atomic mass is 10.4. The molecule has 1 rings (SSSR count). The molecule has 0 aliphatic rings. The van der Waals surface area contributed by atoms with Gasteiger partial charge in [0, 0.05) is 20.4 Å². The largest absolute Gasteiger partial charge is 0.360 e. The van der Waals surface area contributed by atoms with E-state index in [0.29, 0.717) is 12.6 Å². The predicted octanol–water partition coefficient (Wildman–Crippen LogP) is 3.24. The van der Waals surface area contributed by atoms with E-state index in [-0.39, 0.29) is 0 Å². The number of aryl methyl sites for hydroxylation is 1. The fourth-order valence-corrected chi connectivity index (χ4v) is 2.19. The molecule has 1 heterocycles. The first kappa shape index (κ1) is 13.7. The summed E-state index contributed by atoms with van der Waals surface area (Å²) < 4.78 is 7.49. The van der Waals surface area contributed by atoms with E-state index in [4.69, 9.17) is 16.3 Å². The van der Waals surface area contributed by atoms with Gasteiger partial charge in [-0.15, -0.1) is 11.6 Å². The second kappa shape index (κ2) is 5.84. The van der Waals surface area contributed by atoms with Crippen LogP contribution < -0.4 is 0 Å². The van der Waals surface area contributed by atoms with E-state index >= 15 is 0 Å². The van der Waals surface area contributed by atoms with Gasteiger partial charge in [-0.05, 0) is 19.0 Å². The summed E-state index contributed by atoms with van der Waals surface area (Å²) in [5.74, 6) is 0.461. The summed E-state index contributed by atoms with van der Waals surface area (Å²) in [4.78, 5) is 0. The third kappa shape index (κ3) is 4.68. The number of hydrogen-bond donors (Lipinski definition) is 0. The van der Waals surface area contributed by atoms with Gasteiger partial charge in [0.2, 0.25) is 0 Å². The van der Waals surface area contributed by atoms with Crippen molar-refractivity contribution >= 4 is 19.7 Å². The van der Waals surface area contributed by atoms with Gasteiger partial charge >= 0.3 is 0 Å². The van der Waals surface area contributed by atoms with Crippen molar-refractivity contribution in [2.45, 2.75) is 45.2 Å². The lowest BCUT2D eigenvalue weighted by molar-refractivity contribution is 0.0769. The fourth-order valence-electron chi connectivity index (χ4n) is 1.30. The number of rotatable bonds is 6. The minimum Gasteiger partial charge on any atom is -0.360 e. The Morgan fingerprint density at radius 1 is 1.44 bits per heavy atom. The van der Waals surface area contributed by atoms with Crippen molar-refractivity contribution in [1.82, 2.24) is 9.78 Å². The molecule has 0 radical (unpaired) electrons. The molecule has 0 fully saturated rings. The molecule has 3 nitrogen and oxygen atoms in total. The van der Waals surface area contributed by atoms with Gasteiger partial charge in [-0.1, -0.05) is 19.6 Å². The van der Waals surface area contributed by atoms with Crippen LogP contribution in [0.1, 0.15) is 11.4 Å². The Morgan fingerprint density at radius 2 is 2.12 bits per heavy atom. The predicted molar refractivity (Wildman–Crippen MR) is 70.6 cm³/mol. The molecule has 0 aromatic carbocycles. The van der Waals surface area contributed by atoms with Crippen molar-refractivity contribution in [3.63, 3.8) is 0 Å². The molecule has 0 saturated heterocycles. The van der Waals surface area contributed by atoms with Crippen LogP contribution in [0.25, 0.3) is 0 Å². The van der Waals surface area contributed by atoms with Gasteiger partial charge < -0.3 is 4.74 Å². The number of hydrogen-bond acceptors (Lipinski definition) is 2. The van der Waals surface area contributed by atoms with Crippen LogP contribution in [0.15, 0.2) is 6.07 Å². The molecule has 16 heavy (non-hydrogen) atoms. The van der Waals surface area contributed by atoms with Crippen LogP contribution >= 0.6 is 11.6 Å². The van der Waals surface area contributed by atoms with Gasteiger partial charge in [-0.2, -0.15) is 5.10 Å². The highest BCUT2D eigenvalue weighted by Gasteiger charge is 2.12. The van der Waals surface area contributed by atoms with E-state index in [2.05, 4.69) is 24.7 Å². The molecule has 0 saturated carbocycles. The van der Waals surface area contributed by atoms with Crippen LogP contribution in [0.4, 0.5) is 0 Å². The van der Waals surface area contributed by atoms with Crippen LogP contribution in [0.5, 0.6) is 0 Å². The molecule has 0 aliphatic heterocycles. The van der Waals surface area contributed by atoms with Gasteiger partial charge in [-0.3, -0.25) is 0 Å². The Labute approximate surface area is 104 Å². The monoisotopic (exact) mass is 260 g/mol. The minimum absolute atomic E-state index is 0.461. The Balaban J connectivity index is 2.34. The molecule has 5 heteroatoms. The summed E-state index contributed by atoms with van der Waals surface area (Å²) >= 11 is 5.72. The van der Waals surface area contributed by atoms with Gasteiger partial charge in [0.05, 0.1) is 11.6 Å². The van der Waals surface area contributed by atoms with E-state index in [0.717, 1.165) is 18.0 Å². The molecule has 0 aliphatic carbocycles. The minimum atomic E-state index is -0.986. The highest BCUT2D eigenvalue weighted by Crippen LogP contribution is 2.09. The molecule has 0 spiro atoms. The molecule has 0 atom stereocenters. The zero-order chi connectivity index (χ0) is 12.2. The average Bonchev–Trinajstić information content (AvgIpc) is 2.53. The Bertz CT molecular complexity index is 333. The topological polar surface area (TPSA) is 27.1 Å². The second-order valence-electron chi connectivity index (χ2n) is 5.26. The number of halogens is 1. The maximum Gasteiger partial charge on any atom is 0.139 e. The van der Waals surface area contributed by atoms with E-state index in [9.17, 15) is 0 Å². The van der Waals surface area contributed by atoms with E-state index in [1.165, 1.54) is 6.04 Å². The summed E-state index contributed by atoms with van der Waals surface area (Å²) in [6, 6.07) is 3.19. The van der Waals surface area contributed by atoms with Crippen molar-refractivity contribution in [3.05, 3.63) is 17.5 Å². The molecular formula is C11H21ClN2OSi. The molecule has 0 unspecified atom stereocenters. The molecule has 1 aromatic rings. The number of nitrogens with zero attached hydrogens (tertiary/aromatic N) is 2. The number of ether oxygens (including phenoxy) is 1. The molecular weight excluding hydrogens is 240 g/mol. The summed E-state index contributed by atoms with van der Waals surface area (Å²) in [6.07, 6.45) is 0. The third-order valence-electron chi connectivity index (χ3n) is 2.38. The maximum atomic E-state index is 5.72. The Kier molecular flexibility index (Phi) is 5.02. The summed E-state index contributed by atoms with van der Waals surface area (Å²) in [5.41, 5.74) is 2.01. The average molecular weight is 261 g/mol. The van der Waals surface area contributed by atoms with Crippen LogP contribution in [0.2, 0.25) is 25.7 Å². The van der Waals surface area contributed by atoms with Gasteiger partial charge in [0.25, 0.3) is 0 Å². The van der Waals surface area contributed by atoms with Crippen molar-refractivity contribution in [1.29, 1.82) is 0 Å². The number of aromatic nitrogens is 2. The van der Waals surface area contributed by atoms with Crippen LogP contribution in [0, 0.1) is 6.92 Å². The Hall–Kier alpha value is -0.323. The van der Waals surface area contributed by atoms with E-state index in [1.807, 2.05) is 17.7 Å². The molecule has 1 aromatic heterocycles. The SMILES string of the molecule is Cc1cc(CCl)nn1COCC[Si](C)(C)C. The molecule has 0 amide bonds. The highest BCUT2D eigenvalue weighted by molar-refractivity contribution is 6.76. The first-order valence-corrected chi connectivity index (χ1v) is 9.83. The molecule has 0 N–H and O–H groups in total. The summed E-state index contributed by atoms with van der Waals surface area (Å²) in [6.45, 7) is 10.4. The van der Waals surface area contributed by atoms with Crippen molar-refractivity contribution in [2.24, 2.45) is 0 Å². The summed E-state index contributed by atoms with van der Waals surface area (Å²) in [5, 5.41) is 4.33. The fraction of sp³-hybridized carbons (Fsp3) is 0.727. The lowest BCUT2D eigenvalue weighted by Gasteiger charge is -2.15. The van der Waals surface area contributed by atoms with Gasteiger partial charge in [0.1, 0.15) is 6.73 Å². The van der Waals surface area contributed by atoms with Crippen molar-refractivity contribution in [2.75, 3.05) is 6.61 Å². The third-order valence-corrected chi connectivity index (χ3v) is 4.36. The Morgan fingerprint density at radius 3 is 2.62 bits per heavy atom. The van der Waals surface area contributed by atoms with Crippen LogP contribution in [-0.2, 0) is 17.3 Å².